The van der Waals surface area contributed by atoms with Crippen LogP contribution >= 0.6 is 10.7 Å². The molecule has 6 nitrogen and oxygen atoms in total. The van der Waals surface area contributed by atoms with E-state index in [-0.39, 0.29) is 11.7 Å². The molecular formula is C5H6ClN3O3S. The molecule has 0 amide bonds. The first-order valence-corrected chi connectivity index (χ1v) is 5.40. The van der Waals surface area contributed by atoms with Crippen molar-refractivity contribution in [1.29, 1.82) is 0 Å². The van der Waals surface area contributed by atoms with Crippen LogP contribution in [0.4, 0.5) is 5.82 Å². The van der Waals surface area contributed by atoms with Crippen LogP contribution < -0.4 is 9.46 Å². The van der Waals surface area contributed by atoms with Gasteiger partial charge in [0.25, 0.3) is 0 Å². The number of hydrogen-bond acceptors (Lipinski definition) is 5. The minimum Gasteiger partial charge on any atom is -0.481 e. The topological polar surface area (TPSA) is 81.2 Å². The first-order valence-electron chi connectivity index (χ1n) is 3.10. The van der Waals surface area contributed by atoms with Crippen molar-refractivity contribution in [2.24, 2.45) is 0 Å². The fraction of sp³-hybridized carbons (Fsp3) is 0.200. The number of methoxy groups -OCH3 is 1. The summed E-state index contributed by atoms with van der Waals surface area (Å²) in [5.41, 5.74) is 0. The molecule has 0 bridgehead atoms. The predicted molar refractivity (Wildman–Crippen MR) is 47.0 cm³/mol. The number of rotatable bonds is 3. The molecule has 0 atom stereocenters. The molecule has 1 aromatic rings. The van der Waals surface area contributed by atoms with Crippen molar-refractivity contribution in [1.82, 2.24) is 9.97 Å². The highest BCUT2D eigenvalue weighted by Crippen LogP contribution is 2.12. The molecule has 0 aliphatic heterocycles. The molecule has 72 valence electrons. The monoisotopic (exact) mass is 223 g/mol. The van der Waals surface area contributed by atoms with Crippen LogP contribution in [0.15, 0.2) is 12.4 Å². The lowest BCUT2D eigenvalue weighted by molar-refractivity contribution is 0.397. The maximum absolute atomic E-state index is 10.6. The summed E-state index contributed by atoms with van der Waals surface area (Å²) in [6, 6.07) is 1.31. The normalized spacial score (nSPS) is 10.9. The molecule has 1 N–H and O–H groups in total. The third kappa shape index (κ3) is 3.43. The Morgan fingerprint density at radius 3 is 2.77 bits per heavy atom. The van der Waals surface area contributed by atoms with Gasteiger partial charge in [0.1, 0.15) is 12.1 Å². The van der Waals surface area contributed by atoms with Crippen molar-refractivity contribution < 1.29 is 13.2 Å². The van der Waals surface area contributed by atoms with Crippen molar-refractivity contribution in [3.63, 3.8) is 0 Å². The summed E-state index contributed by atoms with van der Waals surface area (Å²) >= 11 is 0. The van der Waals surface area contributed by atoms with Crippen LogP contribution in [0.2, 0.25) is 0 Å². The summed E-state index contributed by atoms with van der Waals surface area (Å²) < 4.78 is 27.8. The maximum atomic E-state index is 10.6. The zero-order valence-corrected chi connectivity index (χ0v) is 8.13. The standard InChI is InChI=1S/C5H6ClN3O3S/c1-12-5-2-4(7-3-8-5)9-13(6,10)11/h2-3H,1H3,(H,7,8,9). The van der Waals surface area contributed by atoms with Crippen molar-refractivity contribution in [3.05, 3.63) is 12.4 Å². The Morgan fingerprint density at radius 1 is 1.54 bits per heavy atom. The highest BCUT2D eigenvalue weighted by Gasteiger charge is 2.06. The van der Waals surface area contributed by atoms with Gasteiger partial charge in [-0.1, -0.05) is 0 Å². The van der Waals surface area contributed by atoms with Crippen LogP contribution in [0.25, 0.3) is 0 Å². The highest BCUT2D eigenvalue weighted by molar-refractivity contribution is 8.14. The SMILES string of the molecule is COc1cc(NS(=O)(=O)Cl)ncn1. The van der Waals surface area contributed by atoms with E-state index in [0.717, 1.165) is 6.33 Å². The lowest BCUT2D eigenvalue weighted by Crippen LogP contribution is -2.06. The number of nitrogens with one attached hydrogen (secondary N) is 1. The van der Waals surface area contributed by atoms with Crippen LogP contribution in [0.3, 0.4) is 0 Å². The first kappa shape index (κ1) is 10.0. The number of ether oxygens (including phenoxy) is 1. The largest absolute Gasteiger partial charge is 0.481 e. The van der Waals surface area contributed by atoms with Gasteiger partial charge in [-0.3, -0.25) is 4.72 Å². The third-order valence-corrected chi connectivity index (χ3v) is 1.76. The molecule has 1 aromatic heterocycles. The molecule has 13 heavy (non-hydrogen) atoms. The van der Waals surface area contributed by atoms with E-state index in [1.165, 1.54) is 13.2 Å². The fourth-order valence-electron chi connectivity index (χ4n) is 0.632. The lowest BCUT2D eigenvalue weighted by atomic mass is 10.6. The number of halogens is 1. The summed E-state index contributed by atoms with van der Waals surface area (Å²) in [7, 11) is 2.50. The number of aromatic nitrogens is 2. The van der Waals surface area contributed by atoms with Gasteiger partial charge in [-0.2, -0.15) is 8.42 Å². The molecular weight excluding hydrogens is 218 g/mol. The summed E-state index contributed by atoms with van der Waals surface area (Å²) in [5.74, 6) is 0.305. The highest BCUT2D eigenvalue weighted by atomic mass is 35.7. The van der Waals surface area contributed by atoms with Gasteiger partial charge in [0.2, 0.25) is 5.88 Å². The van der Waals surface area contributed by atoms with Gasteiger partial charge in [0.05, 0.1) is 7.11 Å². The lowest BCUT2D eigenvalue weighted by Gasteiger charge is -2.01. The van der Waals surface area contributed by atoms with Gasteiger partial charge in [-0.25, -0.2) is 9.97 Å². The van der Waals surface area contributed by atoms with E-state index in [0.29, 0.717) is 0 Å². The summed E-state index contributed by atoms with van der Waals surface area (Å²) in [4.78, 5) is 7.28. The van der Waals surface area contributed by atoms with E-state index in [1.807, 2.05) is 4.72 Å². The van der Waals surface area contributed by atoms with Crippen LogP contribution in [-0.2, 0) is 9.24 Å². The molecule has 0 aliphatic carbocycles. The average Bonchev–Trinajstić information content (AvgIpc) is 2.01. The predicted octanol–water partition coefficient (Wildman–Crippen LogP) is 0.381. The maximum Gasteiger partial charge on any atom is 0.320 e. The van der Waals surface area contributed by atoms with Crippen molar-refractivity contribution in [2.75, 3.05) is 11.8 Å². The van der Waals surface area contributed by atoms with Gasteiger partial charge in [-0.15, -0.1) is 0 Å². The van der Waals surface area contributed by atoms with Gasteiger partial charge in [0.15, 0.2) is 0 Å². The molecule has 1 rings (SSSR count). The first-order chi connectivity index (χ1) is 6.01. The van der Waals surface area contributed by atoms with Crippen LogP contribution in [0, 0.1) is 0 Å². The number of anilines is 1. The molecule has 8 heteroatoms. The number of hydrogen-bond donors (Lipinski definition) is 1. The molecule has 0 fully saturated rings. The van der Waals surface area contributed by atoms with E-state index in [9.17, 15) is 8.42 Å². The Hall–Kier alpha value is -1.08. The second kappa shape index (κ2) is 3.75. The zero-order chi connectivity index (χ0) is 9.90. The molecule has 0 saturated carbocycles. The van der Waals surface area contributed by atoms with Crippen molar-refractivity contribution in [3.8, 4) is 5.88 Å². The molecule has 0 unspecified atom stereocenters. The van der Waals surface area contributed by atoms with Crippen LogP contribution in [-0.4, -0.2) is 25.5 Å². The van der Waals surface area contributed by atoms with Gasteiger partial charge in [-0.05, 0) is 0 Å². The molecule has 0 aromatic carbocycles. The Balaban J connectivity index is 2.90. The average molecular weight is 224 g/mol. The summed E-state index contributed by atoms with van der Waals surface area (Å²) in [5, 5.41) is 0. The Morgan fingerprint density at radius 2 is 2.23 bits per heavy atom. The van der Waals surface area contributed by atoms with Crippen LogP contribution in [0.5, 0.6) is 5.88 Å². The quantitative estimate of drug-likeness (QED) is 0.750. The van der Waals surface area contributed by atoms with Crippen LogP contribution in [0.1, 0.15) is 0 Å². The second-order valence-electron chi connectivity index (χ2n) is 1.99. The Labute approximate surface area is 79.5 Å². The van der Waals surface area contributed by atoms with E-state index in [4.69, 9.17) is 15.4 Å². The molecule has 1 heterocycles. The Kier molecular flexibility index (Phi) is 2.89. The Bertz CT molecular complexity index is 394. The van der Waals surface area contributed by atoms with E-state index in [2.05, 4.69) is 9.97 Å². The van der Waals surface area contributed by atoms with Gasteiger partial charge < -0.3 is 4.74 Å². The molecule has 0 aliphatic rings. The minimum atomic E-state index is -3.83. The van der Waals surface area contributed by atoms with E-state index < -0.39 is 9.24 Å². The van der Waals surface area contributed by atoms with Crippen molar-refractivity contribution >= 4 is 25.7 Å². The van der Waals surface area contributed by atoms with Gasteiger partial charge in [0, 0.05) is 16.7 Å². The molecule has 0 spiro atoms. The number of nitrogens with zero attached hydrogens (tertiary/aromatic N) is 2. The fourth-order valence-corrected chi connectivity index (χ4v) is 1.23. The molecule has 0 saturated heterocycles. The zero-order valence-electron chi connectivity index (χ0n) is 6.56. The summed E-state index contributed by atoms with van der Waals surface area (Å²) in [6.07, 6.45) is 1.16. The molecule has 0 radical (unpaired) electrons. The summed E-state index contributed by atoms with van der Waals surface area (Å²) in [6.45, 7) is 0. The minimum absolute atomic E-state index is 0.0573. The van der Waals surface area contributed by atoms with Gasteiger partial charge >= 0.3 is 9.24 Å². The second-order valence-corrected chi connectivity index (χ2v) is 4.28. The smallest absolute Gasteiger partial charge is 0.320 e. The van der Waals surface area contributed by atoms with E-state index in [1.54, 1.807) is 0 Å². The van der Waals surface area contributed by atoms with Crippen molar-refractivity contribution in [2.45, 2.75) is 0 Å². The van der Waals surface area contributed by atoms with E-state index >= 15 is 0 Å². The third-order valence-electron chi connectivity index (χ3n) is 1.08.